The van der Waals surface area contributed by atoms with Crippen molar-refractivity contribution in [3.8, 4) is 0 Å². The van der Waals surface area contributed by atoms with Crippen LogP contribution in [0.2, 0.25) is 5.02 Å². The first-order valence-corrected chi connectivity index (χ1v) is 8.84. The van der Waals surface area contributed by atoms with E-state index in [1.54, 1.807) is 54.6 Å². The maximum Gasteiger partial charge on any atom is 0.264 e. The highest BCUT2D eigenvalue weighted by atomic mass is 35.5. The molecule has 0 aliphatic rings. The summed E-state index contributed by atoms with van der Waals surface area (Å²) in [6.07, 6.45) is 3.14. The fourth-order valence-electron chi connectivity index (χ4n) is 2.19. The summed E-state index contributed by atoms with van der Waals surface area (Å²) in [5.74, 6) is 0. The van der Waals surface area contributed by atoms with Crippen LogP contribution in [0.3, 0.4) is 0 Å². The molecule has 5 heteroatoms. The summed E-state index contributed by atoms with van der Waals surface area (Å²) in [5, 5.41) is 0.457. The molecular formula is C18H18ClNO2S. The Hall–Kier alpha value is -2.04. The number of nitrogens with zero attached hydrogens (tertiary/aromatic N) is 1. The van der Waals surface area contributed by atoms with Gasteiger partial charge in [0.1, 0.15) is 0 Å². The van der Waals surface area contributed by atoms with Crippen LogP contribution in [0, 0.1) is 6.92 Å². The monoisotopic (exact) mass is 347 g/mol. The molecule has 0 fully saturated rings. The predicted octanol–water partition coefficient (Wildman–Crippen LogP) is 4.67. The lowest BCUT2D eigenvalue weighted by Crippen LogP contribution is -2.31. The molecule has 0 atom stereocenters. The van der Waals surface area contributed by atoms with Crippen molar-refractivity contribution in [1.29, 1.82) is 0 Å². The van der Waals surface area contributed by atoms with Crippen molar-refractivity contribution >= 4 is 33.4 Å². The van der Waals surface area contributed by atoms with Gasteiger partial charge in [-0.3, -0.25) is 4.31 Å². The van der Waals surface area contributed by atoms with Crippen LogP contribution in [0.1, 0.15) is 11.1 Å². The lowest BCUT2D eigenvalue weighted by molar-refractivity contribution is 0.593. The normalized spacial score (nSPS) is 11.0. The molecule has 0 heterocycles. The van der Waals surface area contributed by atoms with Gasteiger partial charge >= 0.3 is 0 Å². The van der Waals surface area contributed by atoms with E-state index in [-0.39, 0.29) is 11.4 Å². The van der Waals surface area contributed by atoms with Crippen LogP contribution >= 0.6 is 11.6 Å². The van der Waals surface area contributed by atoms with Gasteiger partial charge in [0.05, 0.1) is 17.1 Å². The van der Waals surface area contributed by atoms with Gasteiger partial charge in [0.25, 0.3) is 10.0 Å². The van der Waals surface area contributed by atoms with Gasteiger partial charge in [-0.25, -0.2) is 8.42 Å². The molecular weight excluding hydrogens is 330 g/mol. The molecule has 2 aromatic carbocycles. The minimum absolute atomic E-state index is 0.136. The minimum atomic E-state index is -3.73. The second-order valence-corrected chi connectivity index (χ2v) is 7.34. The van der Waals surface area contributed by atoms with Crippen molar-refractivity contribution in [3.63, 3.8) is 0 Å². The Balaban J connectivity index is 2.62. The zero-order valence-electron chi connectivity index (χ0n) is 12.9. The Labute approximate surface area is 142 Å². The highest BCUT2D eigenvalue weighted by Gasteiger charge is 2.25. The quantitative estimate of drug-likeness (QED) is 0.712. The van der Waals surface area contributed by atoms with Gasteiger partial charge in [-0.05, 0) is 36.8 Å². The van der Waals surface area contributed by atoms with E-state index in [2.05, 4.69) is 13.2 Å². The molecule has 23 heavy (non-hydrogen) atoms. The fourth-order valence-corrected chi connectivity index (χ4v) is 3.81. The first kappa shape index (κ1) is 17.3. The maximum absolute atomic E-state index is 13.0. The topological polar surface area (TPSA) is 37.4 Å². The van der Waals surface area contributed by atoms with E-state index in [1.165, 1.54) is 4.31 Å². The Bertz CT molecular complexity index is 827. The summed E-state index contributed by atoms with van der Waals surface area (Å²) in [6, 6.07) is 11.8. The molecule has 0 saturated heterocycles. The third-order valence-corrected chi connectivity index (χ3v) is 5.41. The Morgan fingerprint density at radius 1 is 1.13 bits per heavy atom. The predicted molar refractivity (Wildman–Crippen MR) is 97.5 cm³/mol. The summed E-state index contributed by atoms with van der Waals surface area (Å²) >= 11 is 6.05. The van der Waals surface area contributed by atoms with Crippen molar-refractivity contribution in [2.75, 3.05) is 10.8 Å². The van der Waals surface area contributed by atoms with Crippen LogP contribution in [-0.4, -0.2) is 15.0 Å². The smallest absolute Gasteiger partial charge is 0.262 e. The van der Waals surface area contributed by atoms with Gasteiger partial charge in [0.15, 0.2) is 0 Å². The van der Waals surface area contributed by atoms with Crippen molar-refractivity contribution < 1.29 is 8.42 Å². The molecule has 3 nitrogen and oxygen atoms in total. The molecule has 0 spiro atoms. The number of aryl methyl sites for hydroxylation is 1. The first-order chi connectivity index (χ1) is 10.9. The minimum Gasteiger partial charge on any atom is -0.262 e. The van der Waals surface area contributed by atoms with Gasteiger partial charge in [-0.2, -0.15) is 0 Å². The van der Waals surface area contributed by atoms with E-state index in [0.717, 1.165) is 5.56 Å². The summed E-state index contributed by atoms with van der Waals surface area (Å²) < 4.78 is 27.3. The zero-order chi connectivity index (χ0) is 17.0. The number of hydrogen-bond acceptors (Lipinski definition) is 2. The number of anilines is 1. The number of halogens is 1. The Morgan fingerprint density at radius 3 is 2.35 bits per heavy atom. The fraction of sp³-hybridized carbons (Fsp3) is 0.111. The summed E-state index contributed by atoms with van der Waals surface area (Å²) in [6.45, 7) is 9.44. The largest absolute Gasteiger partial charge is 0.264 e. The molecule has 2 rings (SSSR count). The zero-order valence-corrected chi connectivity index (χ0v) is 14.4. The highest BCUT2D eigenvalue weighted by molar-refractivity contribution is 7.92. The summed E-state index contributed by atoms with van der Waals surface area (Å²) in [5.41, 5.74) is 2.16. The molecule has 0 amide bonds. The molecule has 0 aliphatic carbocycles. The van der Waals surface area contributed by atoms with Crippen LogP contribution in [0.4, 0.5) is 5.69 Å². The molecule has 0 aliphatic heterocycles. The van der Waals surface area contributed by atoms with Crippen molar-refractivity contribution in [1.82, 2.24) is 0 Å². The van der Waals surface area contributed by atoms with E-state index in [9.17, 15) is 8.42 Å². The van der Waals surface area contributed by atoms with Crippen molar-refractivity contribution in [2.45, 2.75) is 11.8 Å². The molecule has 0 aromatic heterocycles. The second kappa shape index (κ2) is 7.02. The third kappa shape index (κ3) is 3.66. The second-order valence-electron chi connectivity index (χ2n) is 5.05. The van der Waals surface area contributed by atoms with Gasteiger partial charge in [0.2, 0.25) is 0 Å². The number of sulfonamides is 1. The third-order valence-electron chi connectivity index (χ3n) is 3.38. The van der Waals surface area contributed by atoms with Crippen LogP contribution in [0.15, 0.2) is 66.6 Å². The van der Waals surface area contributed by atoms with E-state index in [1.807, 2.05) is 6.92 Å². The number of rotatable bonds is 6. The molecule has 0 saturated carbocycles. The van der Waals surface area contributed by atoms with Gasteiger partial charge in [0, 0.05) is 5.02 Å². The van der Waals surface area contributed by atoms with Gasteiger partial charge < -0.3 is 0 Å². The van der Waals surface area contributed by atoms with E-state index in [4.69, 9.17) is 11.6 Å². The van der Waals surface area contributed by atoms with Crippen LogP contribution in [0.5, 0.6) is 0 Å². The SMILES string of the molecule is C=CCN(c1cc(Cl)ccc1C=C)S(=O)(=O)c1ccc(C)cc1. The van der Waals surface area contributed by atoms with Crippen molar-refractivity contribution in [3.05, 3.63) is 77.8 Å². The van der Waals surface area contributed by atoms with Crippen molar-refractivity contribution in [2.24, 2.45) is 0 Å². The van der Waals surface area contributed by atoms with E-state index in [0.29, 0.717) is 16.3 Å². The molecule has 0 N–H and O–H groups in total. The number of hydrogen-bond donors (Lipinski definition) is 0. The summed E-state index contributed by atoms with van der Waals surface area (Å²) in [7, 11) is -3.73. The molecule has 2 aromatic rings. The lowest BCUT2D eigenvalue weighted by Gasteiger charge is -2.25. The average Bonchev–Trinajstić information content (AvgIpc) is 2.53. The Kier molecular flexibility index (Phi) is 5.29. The van der Waals surface area contributed by atoms with Gasteiger partial charge in [-0.1, -0.05) is 54.1 Å². The maximum atomic E-state index is 13.0. The molecule has 0 bridgehead atoms. The molecule has 0 unspecified atom stereocenters. The average molecular weight is 348 g/mol. The highest BCUT2D eigenvalue weighted by Crippen LogP contribution is 2.30. The first-order valence-electron chi connectivity index (χ1n) is 7.02. The lowest BCUT2D eigenvalue weighted by atomic mass is 10.2. The van der Waals surface area contributed by atoms with Crippen LogP contribution in [0.25, 0.3) is 6.08 Å². The summed E-state index contributed by atoms with van der Waals surface area (Å²) in [4.78, 5) is 0.222. The van der Waals surface area contributed by atoms with Crippen LogP contribution < -0.4 is 4.31 Å². The Morgan fingerprint density at radius 2 is 1.78 bits per heavy atom. The molecule has 120 valence electrons. The standard InChI is InChI=1S/C18H18ClNO2S/c1-4-12-20(18-13-16(19)9-8-15(18)5-2)23(21,22)17-10-6-14(3)7-11-17/h4-11,13H,1-2,12H2,3H3. The van der Waals surface area contributed by atoms with Gasteiger partial charge in [-0.15, -0.1) is 6.58 Å². The molecule has 0 radical (unpaired) electrons. The van der Waals surface area contributed by atoms with E-state index >= 15 is 0 Å². The number of benzene rings is 2. The van der Waals surface area contributed by atoms with E-state index < -0.39 is 10.0 Å². The van der Waals surface area contributed by atoms with Crippen LogP contribution in [-0.2, 0) is 10.0 Å².